The Kier molecular flexibility index (Phi) is 4.80. The number of ketones is 2. The van der Waals surface area contributed by atoms with Crippen LogP contribution in [0, 0.1) is 0 Å². The minimum atomic E-state index is 0.0949. The molecule has 0 spiro atoms. The van der Waals surface area contributed by atoms with Gasteiger partial charge in [-0.2, -0.15) is 0 Å². The van der Waals surface area contributed by atoms with E-state index in [1.165, 1.54) is 0 Å². The fraction of sp³-hybridized carbons (Fsp3) is 0.120. The molecule has 0 aromatic heterocycles. The Bertz CT molecular complexity index is 1040. The fourth-order valence-corrected chi connectivity index (χ4v) is 3.62. The fourth-order valence-electron chi connectivity index (χ4n) is 3.62. The van der Waals surface area contributed by atoms with Crippen LogP contribution in [0.15, 0.2) is 84.9 Å². The molecular weight excluding hydrogens is 332 g/mol. The second kappa shape index (κ2) is 7.55. The number of carbonyl (C=O) groups is 2. The van der Waals surface area contributed by atoms with Gasteiger partial charge in [0.1, 0.15) is 0 Å². The molecule has 0 aliphatic heterocycles. The van der Waals surface area contributed by atoms with Crippen molar-refractivity contribution in [1.29, 1.82) is 0 Å². The van der Waals surface area contributed by atoms with E-state index < -0.39 is 0 Å². The van der Waals surface area contributed by atoms with Crippen LogP contribution >= 0.6 is 0 Å². The summed E-state index contributed by atoms with van der Waals surface area (Å²) in [4.78, 5) is 25.4. The molecule has 4 aromatic carbocycles. The summed E-state index contributed by atoms with van der Waals surface area (Å²) in [5, 5.41) is 4.08. The summed E-state index contributed by atoms with van der Waals surface area (Å²) in [5.41, 5.74) is 1.48. The first-order chi connectivity index (χ1) is 13.2. The smallest absolute Gasteiger partial charge is 0.163 e. The predicted molar refractivity (Wildman–Crippen MR) is 110 cm³/mol. The summed E-state index contributed by atoms with van der Waals surface area (Å²) in [5.74, 6) is 0.190. The SMILES string of the molecule is O=C(CCCC(=O)c1cccc2ccccc12)c1cccc2ccccc12. The maximum Gasteiger partial charge on any atom is 0.163 e. The van der Waals surface area contributed by atoms with Gasteiger partial charge in [0.25, 0.3) is 0 Å². The Morgan fingerprint density at radius 3 is 1.41 bits per heavy atom. The van der Waals surface area contributed by atoms with Crippen LogP contribution in [0.2, 0.25) is 0 Å². The molecule has 0 fully saturated rings. The van der Waals surface area contributed by atoms with E-state index in [9.17, 15) is 9.59 Å². The molecule has 0 aliphatic carbocycles. The average molecular weight is 352 g/mol. The van der Waals surface area contributed by atoms with Crippen molar-refractivity contribution in [2.45, 2.75) is 19.3 Å². The van der Waals surface area contributed by atoms with Gasteiger partial charge in [-0.15, -0.1) is 0 Å². The number of hydrogen-bond acceptors (Lipinski definition) is 2. The molecule has 0 aliphatic rings. The van der Waals surface area contributed by atoms with E-state index in [4.69, 9.17) is 0 Å². The van der Waals surface area contributed by atoms with E-state index >= 15 is 0 Å². The summed E-state index contributed by atoms with van der Waals surface area (Å²) in [7, 11) is 0. The summed E-state index contributed by atoms with van der Waals surface area (Å²) < 4.78 is 0. The topological polar surface area (TPSA) is 34.1 Å². The van der Waals surface area contributed by atoms with Gasteiger partial charge < -0.3 is 0 Å². The third kappa shape index (κ3) is 3.52. The number of hydrogen-bond donors (Lipinski definition) is 0. The van der Waals surface area contributed by atoms with Crippen molar-refractivity contribution >= 4 is 33.1 Å². The Balaban J connectivity index is 1.46. The molecule has 0 N–H and O–H groups in total. The van der Waals surface area contributed by atoms with E-state index in [-0.39, 0.29) is 11.6 Å². The summed E-state index contributed by atoms with van der Waals surface area (Å²) >= 11 is 0. The van der Waals surface area contributed by atoms with Crippen molar-refractivity contribution < 1.29 is 9.59 Å². The molecule has 0 saturated carbocycles. The molecular formula is C25H20O2. The molecule has 0 bridgehead atoms. The lowest BCUT2D eigenvalue weighted by Gasteiger charge is -2.07. The van der Waals surface area contributed by atoms with Gasteiger partial charge in [0.2, 0.25) is 0 Å². The standard InChI is InChI=1S/C25H20O2/c26-24(22-14-5-10-18-8-1-3-12-20(18)22)16-7-17-25(27)23-15-6-11-19-9-2-4-13-21(19)23/h1-6,8-15H,7,16-17H2. The highest BCUT2D eigenvalue weighted by Gasteiger charge is 2.13. The Hall–Kier alpha value is -3.26. The molecule has 27 heavy (non-hydrogen) atoms. The van der Waals surface area contributed by atoms with Crippen molar-refractivity contribution in [1.82, 2.24) is 0 Å². The van der Waals surface area contributed by atoms with Crippen LogP contribution in [-0.2, 0) is 0 Å². The molecule has 0 saturated heterocycles. The maximum atomic E-state index is 12.7. The first-order valence-corrected chi connectivity index (χ1v) is 9.26. The second-order valence-electron chi connectivity index (χ2n) is 6.75. The lowest BCUT2D eigenvalue weighted by atomic mass is 9.96. The first kappa shape index (κ1) is 17.2. The van der Waals surface area contributed by atoms with Crippen LogP contribution in [0.5, 0.6) is 0 Å². The van der Waals surface area contributed by atoms with Crippen LogP contribution in [0.25, 0.3) is 21.5 Å². The van der Waals surface area contributed by atoms with E-state index in [0.29, 0.717) is 19.3 Å². The minimum absolute atomic E-state index is 0.0949. The van der Waals surface area contributed by atoms with Gasteiger partial charge in [-0.25, -0.2) is 0 Å². The lowest BCUT2D eigenvalue weighted by molar-refractivity contribution is 0.0959. The lowest BCUT2D eigenvalue weighted by Crippen LogP contribution is -2.04. The van der Waals surface area contributed by atoms with Crippen LogP contribution in [0.3, 0.4) is 0 Å². The number of fused-ring (bicyclic) bond motifs is 2. The summed E-state index contributed by atoms with van der Waals surface area (Å²) in [6.07, 6.45) is 1.32. The van der Waals surface area contributed by atoms with Gasteiger partial charge in [-0.1, -0.05) is 84.9 Å². The Morgan fingerprint density at radius 2 is 0.926 bits per heavy atom. The first-order valence-electron chi connectivity index (χ1n) is 9.26. The van der Waals surface area contributed by atoms with Gasteiger partial charge in [-0.05, 0) is 28.0 Å². The third-order valence-corrected chi connectivity index (χ3v) is 4.99. The maximum absolute atomic E-state index is 12.7. The Morgan fingerprint density at radius 1 is 0.519 bits per heavy atom. The predicted octanol–water partition coefficient (Wildman–Crippen LogP) is 6.23. The van der Waals surface area contributed by atoms with Gasteiger partial charge >= 0.3 is 0 Å². The zero-order valence-electron chi connectivity index (χ0n) is 15.0. The molecule has 2 heteroatoms. The normalized spacial score (nSPS) is 11.0. The van der Waals surface area contributed by atoms with Gasteiger partial charge in [0, 0.05) is 24.0 Å². The van der Waals surface area contributed by atoms with E-state index in [1.54, 1.807) is 0 Å². The van der Waals surface area contributed by atoms with Gasteiger partial charge in [-0.3, -0.25) is 9.59 Å². The van der Waals surface area contributed by atoms with Crippen LogP contribution in [0.1, 0.15) is 40.0 Å². The molecule has 0 atom stereocenters. The zero-order chi connectivity index (χ0) is 18.6. The van der Waals surface area contributed by atoms with Crippen LogP contribution in [-0.4, -0.2) is 11.6 Å². The van der Waals surface area contributed by atoms with E-state index in [1.807, 2.05) is 84.9 Å². The zero-order valence-corrected chi connectivity index (χ0v) is 15.0. The largest absolute Gasteiger partial charge is 0.294 e. The van der Waals surface area contributed by atoms with Crippen LogP contribution < -0.4 is 0 Å². The number of rotatable bonds is 6. The van der Waals surface area contributed by atoms with Crippen molar-refractivity contribution in [2.24, 2.45) is 0 Å². The second-order valence-corrected chi connectivity index (χ2v) is 6.75. The highest BCUT2D eigenvalue weighted by atomic mass is 16.1. The van der Waals surface area contributed by atoms with E-state index in [2.05, 4.69) is 0 Å². The van der Waals surface area contributed by atoms with Crippen LogP contribution in [0.4, 0.5) is 0 Å². The molecule has 0 heterocycles. The Labute approximate surface area is 158 Å². The van der Waals surface area contributed by atoms with Gasteiger partial charge in [0.15, 0.2) is 11.6 Å². The van der Waals surface area contributed by atoms with Gasteiger partial charge in [0.05, 0.1) is 0 Å². The van der Waals surface area contributed by atoms with E-state index in [0.717, 1.165) is 32.7 Å². The van der Waals surface area contributed by atoms with Crippen molar-refractivity contribution in [2.75, 3.05) is 0 Å². The van der Waals surface area contributed by atoms with Crippen molar-refractivity contribution in [3.63, 3.8) is 0 Å². The highest BCUT2D eigenvalue weighted by Crippen LogP contribution is 2.23. The van der Waals surface area contributed by atoms with Crippen molar-refractivity contribution in [3.05, 3.63) is 96.1 Å². The average Bonchev–Trinajstić information content (AvgIpc) is 2.72. The quantitative estimate of drug-likeness (QED) is 0.386. The third-order valence-electron chi connectivity index (χ3n) is 4.99. The molecule has 0 amide bonds. The number of Topliss-reactive ketones (excluding diaryl/α,β-unsaturated/α-hetero) is 2. The monoisotopic (exact) mass is 352 g/mol. The molecule has 4 aromatic rings. The molecule has 2 nitrogen and oxygen atoms in total. The molecule has 0 radical (unpaired) electrons. The number of benzene rings is 4. The summed E-state index contributed by atoms with van der Waals surface area (Å²) in [6, 6.07) is 27.4. The minimum Gasteiger partial charge on any atom is -0.294 e. The molecule has 0 unspecified atom stereocenters. The summed E-state index contributed by atoms with van der Waals surface area (Å²) in [6.45, 7) is 0. The molecule has 132 valence electrons. The highest BCUT2D eigenvalue weighted by molar-refractivity contribution is 6.09. The number of carbonyl (C=O) groups excluding carboxylic acids is 2. The molecule has 4 rings (SSSR count). The van der Waals surface area contributed by atoms with Crippen molar-refractivity contribution in [3.8, 4) is 0 Å².